The predicted molar refractivity (Wildman–Crippen MR) is 47.6 cm³/mol. The van der Waals surface area contributed by atoms with Gasteiger partial charge in [0.25, 0.3) is 0 Å². The molecule has 0 atom stereocenters. The van der Waals surface area contributed by atoms with Crippen molar-refractivity contribution in [2.45, 2.75) is 19.3 Å². The number of rotatable bonds is 6. The molecule has 68 valence electrons. The molecular formula is C9H15NO2. The molecule has 0 saturated heterocycles. The van der Waals surface area contributed by atoms with Crippen molar-refractivity contribution < 1.29 is 9.53 Å². The van der Waals surface area contributed by atoms with E-state index in [1.807, 2.05) is 0 Å². The molecule has 0 radical (unpaired) electrons. The van der Waals surface area contributed by atoms with Gasteiger partial charge in [-0.15, -0.1) is 12.3 Å². The highest BCUT2D eigenvalue weighted by Crippen LogP contribution is 1.88. The molecule has 0 aromatic carbocycles. The summed E-state index contributed by atoms with van der Waals surface area (Å²) in [7, 11) is 1.62. The third-order valence-electron chi connectivity index (χ3n) is 1.34. The van der Waals surface area contributed by atoms with E-state index in [-0.39, 0.29) is 5.91 Å². The molecule has 3 heteroatoms. The number of carbonyl (C=O) groups excluding carboxylic acids is 1. The van der Waals surface area contributed by atoms with E-state index in [2.05, 4.69) is 11.2 Å². The Hall–Kier alpha value is -1.01. The summed E-state index contributed by atoms with van der Waals surface area (Å²) >= 11 is 0. The molecule has 0 aliphatic carbocycles. The highest BCUT2D eigenvalue weighted by molar-refractivity contribution is 5.75. The lowest BCUT2D eigenvalue weighted by Crippen LogP contribution is -2.24. The average Bonchev–Trinajstić information content (AvgIpc) is 2.06. The number of terminal acetylenes is 1. The van der Waals surface area contributed by atoms with Gasteiger partial charge in [-0.05, 0) is 6.42 Å². The fourth-order valence-electron chi connectivity index (χ4n) is 0.740. The van der Waals surface area contributed by atoms with Crippen molar-refractivity contribution in [3.05, 3.63) is 0 Å². The average molecular weight is 169 g/mol. The Kier molecular flexibility index (Phi) is 7.41. The quantitative estimate of drug-likeness (QED) is 0.466. The highest BCUT2D eigenvalue weighted by Gasteiger charge is 1.98. The first-order valence-corrected chi connectivity index (χ1v) is 4.00. The molecule has 0 saturated carbocycles. The van der Waals surface area contributed by atoms with Crippen molar-refractivity contribution in [2.24, 2.45) is 0 Å². The molecular weight excluding hydrogens is 154 g/mol. The minimum Gasteiger partial charge on any atom is -0.385 e. The van der Waals surface area contributed by atoms with Crippen LogP contribution in [0.5, 0.6) is 0 Å². The number of amides is 1. The summed E-state index contributed by atoms with van der Waals surface area (Å²) in [6, 6.07) is 0. The number of hydrogen-bond acceptors (Lipinski definition) is 2. The zero-order valence-electron chi connectivity index (χ0n) is 7.43. The molecule has 1 amide bonds. The van der Waals surface area contributed by atoms with Gasteiger partial charge in [0.15, 0.2) is 0 Å². The van der Waals surface area contributed by atoms with Crippen LogP contribution in [0.3, 0.4) is 0 Å². The second-order valence-corrected chi connectivity index (χ2v) is 2.40. The minimum atomic E-state index is 0.0438. The van der Waals surface area contributed by atoms with Crippen molar-refractivity contribution in [2.75, 3.05) is 20.3 Å². The standard InChI is InChI=1S/C9H15NO2/c1-3-4-7-10-9(11)6-5-8-12-2/h1H,4-8H2,2H3,(H,10,11). The first-order chi connectivity index (χ1) is 5.81. The van der Waals surface area contributed by atoms with Crippen LogP contribution in [0.4, 0.5) is 0 Å². The Morgan fingerprint density at radius 1 is 1.67 bits per heavy atom. The van der Waals surface area contributed by atoms with E-state index < -0.39 is 0 Å². The van der Waals surface area contributed by atoms with E-state index in [4.69, 9.17) is 11.2 Å². The maximum atomic E-state index is 11.0. The molecule has 0 spiro atoms. The van der Waals surface area contributed by atoms with Gasteiger partial charge in [0.2, 0.25) is 5.91 Å². The van der Waals surface area contributed by atoms with Crippen LogP contribution < -0.4 is 5.32 Å². The van der Waals surface area contributed by atoms with Gasteiger partial charge < -0.3 is 10.1 Å². The third-order valence-corrected chi connectivity index (χ3v) is 1.34. The topological polar surface area (TPSA) is 38.3 Å². The van der Waals surface area contributed by atoms with Crippen molar-refractivity contribution in [1.82, 2.24) is 5.32 Å². The molecule has 0 aromatic rings. The fourth-order valence-corrected chi connectivity index (χ4v) is 0.740. The summed E-state index contributed by atoms with van der Waals surface area (Å²) in [5, 5.41) is 2.71. The van der Waals surface area contributed by atoms with Gasteiger partial charge in [0, 0.05) is 33.1 Å². The summed E-state index contributed by atoms with van der Waals surface area (Å²) in [4.78, 5) is 11.0. The number of ether oxygens (including phenoxy) is 1. The molecule has 0 unspecified atom stereocenters. The molecule has 0 aliphatic heterocycles. The molecule has 0 aliphatic rings. The Bertz CT molecular complexity index is 160. The molecule has 0 aromatic heterocycles. The Morgan fingerprint density at radius 2 is 2.42 bits per heavy atom. The van der Waals surface area contributed by atoms with Gasteiger partial charge in [-0.1, -0.05) is 0 Å². The smallest absolute Gasteiger partial charge is 0.220 e. The molecule has 3 nitrogen and oxygen atoms in total. The molecule has 0 bridgehead atoms. The fraction of sp³-hybridized carbons (Fsp3) is 0.667. The van der Waals surface area contributed by atoms with E-state index in [1.54, 1.807) is 7.11 Å². The maximum absolute atomic E-state index is 11.0. The van der Waals surface area contributed by atoms with Crippen LogP contribution in [0, 0.1) is 12.3 Å². The normalized spacial score (nSPS) is 9.00. The van der Waals surface area contributed by atoms with Crippen LogP contribution in [0.25, 0.3) is 0 Å². The predicted octanol–water partition coefficient (Wildman–Crippen LogP) is 0.552. The van der Waals surface area contributed by atoms with Crippen molar-refractivity contribution in [3.63, 3.8) is 0 Å². The summed E-state index contributed by atoms with van der Waals surface area (Å²) in [6.45, 7) is 1.20. The van der Waals surface area contributed by atoms with Gasteiger partial charge in [0.1, 0.15) is 0 Å². The molecule has 1 N–H and O–H groups in total. The molecule has 0 fully saturated rings. The molecule has 0 rings (SSSR count). The highest BCUT2D eigenvalue weighted by atomic mass is 16.5. The minimum absolute atomic E-state index is 0.0438. The zero-order chi connectivity index (χ0) is 9.23. The zero-order valence-corrected chi connectivity index (χ0v) is 7.43. The first kappa shape index (κ1) is 11.0. The SMILES string of the molecule is C#CCCNC(=O)CCCOC. The number of nitrogens with one attached hydrogen (secondary N) is 1. The van der Waals surface area contributed by atoms with E-state index in [0.29, 0.717) is 26.0 Å². The van der Waals surface area contributed by atoms with Crippen LogP contribution in [0.2, 0.25) is 0 Å². The lowest BCUT2D eigenvalue weighted by Gasteiger charge is -2.01. The lowest BCUT2D eigenvalue weighted by atomic mass is 10.3. The monoisotopic (exact) mass is 169 g/mol. The summed E-state index contributed by atoms with van der Waals surface area (Å²) in [5.41, 5.74) is 0. The Labute approximate surface area is 73.5 Å². The second-order valence-electron chi connectivity index (χ2n) is 2.40. The van der Waals surface area contributed by atoms with Crippen molar-refractivity contribution >= 4 is 5.91 Å². The largest absolute Gasteiger partial charge is 0.385 e. The van der Waals surface area contributed by atoms with Crippen LogP contribution in [-0.2, 0) is 9.53 Å². The third kappa shape index (κ3) is 7.10. The van der Waals surface area contributed by atoms with Gasteiger partial charge in [-0.2, -0.15) is 0 Å². The van der Waals surface area contributed by atoms with Crippen molar-refractivity contribution in [3.8, 4) is 12.3 Å². The van der Waals surface area contributed by atoms with Crippen LogP contribution in [0.15, 0.2) is 0 Å². The Balaban J connectivity index is 3.17. The van der Waals surface area contributed by atoms with Gasteiger partial charge in [-0.25, -0.2) is 0 Å². The number of methoxy groups -OCH3 is 1. The van der Waals surface area contributed by atoms with Gasteiger partial charge in [-0.3, -0.25) is 4.79 Å². The van der Waals surface area contributed by atoms with E-state index in [1.165, 1.54) is 0 Å². The Morgan fingerprint density at radius 3 is 3.00 bits per heavy atom. The van der Waals surface area contributed by atoms with E-state index >= 15 is 0 Å². The van der Waals surface area contributed by atoms with Gasteiger partial charge in [0.05, 0.1) is 0 Å². The van der Waals surface area contributed by atoms with Crippen LogP contribution in [-0.4, -0.2) is 26.2 Å². The van der Waals surface area contributed by atoms with Crippen LogP contribution in [0.1, 0.15) is 19.3 Å². The number of hydrogen-bond donors (Lipinski definition) is 1. The summed E-state index contributed by atoms with van der Waals surface area (Å²) < 4.78 is 4.81. The van der Waals surface area contributed by atoms with Crippen LogP contribution >= 0.6 is 0 Å². The maximum Gasteiger partial charge on any atom is 0.220 e. The summed E-state index contributed by atoms with van der Waals surface area (Å²) in [6.07, 6.45) is 6.88. The van der Waals surface area contributed by atoms with E-state index in [0.717, 1.165) is 6.42 Å². The van der Waals surface area contributed by atoms with Crippen molar-refractivity contribution in [1.29, 1.82) is 0 Å². The number of carbonyl (C=O) groups is 1. The molecule has 12 heavy (non-hydrogen) atoms. The first-order valence-electron chi connectivity index (χ1n) is 4.00. The lowest BCUT2D eigenvalue weighted by molar-refractivity contribution is -0.121. The van der Waals surface area contributed by atoms with Gasteiger partial charge >= 0.3 is 0 Å². The molecule has 0 heterocycles. The van der Waals surface area contributed by atoms with E-state index in [9.17, 15) is 4.79 Å². The summed E-state index contributed by atoms with van der Waals surface area (Å²) in [5.74, 6) is 2.49. The second kappa shape index (κ2) is 8.09.